The number of nitrogens with zero attached hydrogens (tertiary/aromatic N) is 2. The Balaban J connectivity index is 1.74. The van der Waals surface area contributed by atoms with E-state index < -0.39 is 11.8 Å². The first-order chi connectivity index (χ1) is 16.2. The highest BCUT2D eigenvalue weighted by molar-refractivity contribution is 7.80. The number of carboxylic acids is 1. The van der Waals surface area contributed by atoms with E-state index in [1.54, 1.807) is 29.7 Å². The molecule has 0 unspecified atom stereocenters. The van der Waals surface area contributed by atoms with E-state index in [4.69, 9.17) is 17.3 Å². The minimum atomic E-state index is -1.03. The van der Waals surface area contributed by atoms with E-state index in [1.807, 2.05) is 32.0 Å². The van der Waals surface area contributed by atoms with E-state index in [9.17, 15) is 14.3 Å². The van der Waals surface area contributed by atoms with Crippen LogP contribution in [0.15, 0.2) is 65.8 Å². The van der Waals surface area contributed by atoms with E-state index in [1.165, 1.54) is 24.3 Å². The normalized spacial score (nSPS) is 11.6. The van der Waals surface area contributed by atoms with Gasteiger partial charge in [0.2, 0.25) is 5.88 Å². The first-order valence-corrected chi connectivity index (χ1v) is 10.9. The van der Waals surface area contributed by atoms with Gasteiger partial charge in [0, 0.05) is 16.6 Å². The van der Waals surface area contributed by atoms with Crippen LogP contribution in [0.1, 0.15) is 39.5 Å². The summed E-state index contributed by atoms with van der Waals surface area (Å²) in [5.41, 5.74) is 7.87. The summed E-state index contributed by atoms with van der Waals surface area (Å²) in [4.78, 5) is 11.3. The molecule has 0 saturated heterocycles. The molecule has 0 amide bonds. The van der Waals surface area contributed by atoms with E-state index >= 15 is 0 Å². The highest BCUT2D eigenvalue weighted by atomic mass is 32.1. The maximum absolute atomic E-state index is 14.2. The highest BCUT2D eigenvalue weighted by Gasteiger charge is 2.21. The fourth-order valence-corrected chi connectivity index (χ4v) is 3.93. The Hall–Kier alpha value is -4.04. The number of aromatic hydroxyl groups is 1. The maximum Gasteiger partial charge on any atom is 0.335 e. The number of nitrogens with one attached hydrogen (secondary N) is 1. The molecule has 1 heterocycles. The quantitative estimate of drug-likeness (QED) is 0.202. The number of rotatable bonds is 5. The molecule has 0 aliphatic rings. The van der Waals surface area contributed by atoms with Crippen LogP contribution in [-0.2, 0) is 0 Å². The van der Waals surface area contributed by atoms with Gasteiger partial charge in [-0.25, -0.2) is 9.18 Å². The Kier molecular flexibility index (Phi) is 6.17. The van der Waals surface area contributed by atoms with Crippen LogP contribution >= 0.6 is 12.2 Å². The average molecular weight is 476 g/mol. The molecule has 4 aromatic rings. The molecule has 34 heavy (non-hydrogen) atoms. The van der Waals surface area contributed by atoms with E-state index in [-0.39, 0.29) is 16.4 Å². The molecule has 4 rings (SSSR count). The third-order valence-electron chi connectivity index (χ3n) is 5.73. The molecule has 3 aromatic carbocycles. The summed E-state index contributed by atoms with van der Waals surface area (Å²) < 4.78 is 15.8. The summed E-state index contributed by atoms with van der Waals surface area (Å²) in [6.07, 6.45) is 0. The largest absolute Gasteiger partial charge is 0.494 e. The zero-order chi connectivity index (χ0) is 24.6. The molecule has 0 atom stereocenters. The van der Waals surface area contributed by atoms with Crippen LogP contribution in [0.3, 0.4) is 0 Å². The Labute approximate surface area is 201 Å². The number of thiocarbonyl (C=S) groups is 1. The van der Waals surface area contributed by atoms with Crippen molar-refractivity contribution in [2.24, 2.45) is 5.10 Å². The van der Waals surface area contributed by atoms with Gasteiger partial charge in [0.05, 0.1) is 22.4 Å². The van der Waals surface area contributed by atoms with Gasteiger partial charge >= 0.3 is 5.97 Å². The van der Waals surface area contributed by atoms with E-state index in [0.717, 1.165) is 16.8 Å². The van der Waals surface area contributed by atoms with E-state index in [0.29, 0.717) is 27.7 Å². The topological polar surface area (TPSA) is 86.8 Å². The van der Waals surface area contributed by atoms with Gasteiger partial charge in [-0.05, 0) is 74.4 Å². The first kappa shape index (κ1) is 23.1. The third kappa shape index (κ3) is 4.27. The average Bonchev–Trinajstić information content (AvgIpc) is 3.10. The Morgan fingerprint density at radius 3 is 2.32 bits per heavy atom. The van der Waals surface area contributed by atoms with Crippen molar-refractivity contribution in [3.8, 4) is 11.6 Å². The molecule has 0 bridgehead atoms. The monoisotopic (exact) mass is 475 g/mol. The molecule has 0 saturated carbocycles. The van der Waals surface area contributed by atoms with Gasteiger partial charge in [-0.3, -0.25) is 9.99 Å². The van der Waals surface area contributed by atoms with Gasteiger partial charge in [0.1, 0.15) is 10.8 Å². The maximum atomic E-state index is 14.2. The number of aromatic nitrogens is 1. The lowest BCUT2D eigenvalue weighted by Gasteiger charge is -2.10. The van der Waals surface area contributed by atoms with Crippen molar-refractivity contribution < 1.29 is 19.4 Å². The molecule has 6 nitrogen and oxygen atoms in total. The minimum Gasteiger partial charge on any atom is -0.494 e. The van der Waals surface area contributed by atoms with Crippen molar-refractivity contribution in [3.63, 3.8) is 0 Å². The van der Waals surface area contributed by atoms with Crippen LogP contribution in [0.2, 0.25) is 0 Å². The smallest absolute Gasteiger partial charge is 0.335 e. The van der Waals surface area contributed by atoms with Gasteiger partial charge in [-0.15, -0.1) is 0 Å². The standard InChI is InChI=1S/C26H22FN3O3S/c1-14-4-10-20(12-15(14)2)30-22-11-9-19(27)13-21(22)23(25(30)31)16(3)28-29-24(34)17-5-7-18(8-6-17)26(32)33/h4-13,31H,1-3H3,(H,29,34)(H,32,33)/b28-16+. The van der Waals surface area contributed by atoms with E-state index in [2.05, 4.69) is 10.5 Å². The van der Waals surface area contributed by atoms with Gasteiger partial charge in [0.15, 0.2) is 0 Å². The number of hydrogen-bond donors (Lipinski definition) is 3. The van der Waals surface area contributed by atoms with Crippen molar-refractivity contribution >= 4 is 39.8 Å². The molecule has 0 radical (unpaired) electrons. The van der Waals surface area contributed by atoms with Crippen LogP contribution < -0.4 is 5.43 Å². The number of hydrazone groups is 1. The predicted molar refractivity (Wildman–Crippen MR) is 135 cm³/mol. The van der Waals surface area contributed by atoms with Crippen molar-refractivity contribution in [1.29, 1.82) is 0 Å². The van der Waals surface area contributed by atoms with Gasteiger partial charge < -0.3 is 10.2 Å². The van der Waals surface area contributed by atoms with Crippen LogP contribution in [0, 0.1) is 19.7 Å². The number of carbonyl (C=O) groups is 1. The fourth-order valence-electron chi connectivity index (χ4n) is 3.75. The number of aromatic carboxylic acids is 1. The number of halogens is 1. The predicted octanol–water partition coefficient (Wildman–Crippen LogP) is 5.48. The Bertz CT molecular complexity index is 1470. The minimum absolute atomic E-state index is 0.0661. The number of benzene rings is 3. The summed E-state index contributed by atoms with van der Waals surface area (Å²) in [5.74, 6) is -1.52. The Morgan fingerprint density at radius 2 is 1.68 bits per heavy atom. The summed E-state index contributed by atoms with van der Waals surface area (Å²) in [6.45, 7) is 5.68. The number of aryl methyl sites for hydroxylation is 2. The molecule has 3 N–H and O–H groups in total. The van der Waals surface area contributed by atoms with Crippen molar-refractivity contribution in [2.45, 2.75) is 20.8 Å². The SMILES string of the molecule is C/C(=N\NC(=S)c1ccc(C(=O)O)cc1)c1c(O)n(-c2ccc(C)c(C)c2)c2ccc(F)cc12. The van der Waals surface area contributed by atoms with Crippen LogP contribution in [0.25, 0.3) is 16.6 Å². The first-order valence-electron chi connectivity index (χ1n) is 10.5. The molecule has 1 aromatic heterocycles. The van der Waals surface area contributed by atoms with Crippen LogP contribution in [0.4, 0.5) is 4.39 Å². The summed E-state index contributed by atoms with van der Waals surface area (Å²) >= 11 is 5.36. The lowest BCUT2D eigenvalue weighted by atomic mass is 10.1. The highest BCUT2D eigenvalue weighted by Crippen LogP contribution is 2.35. The summed E-state index contributed by atoms with van der Waals surface area (Å²) in [7, 11) is 0. The molecule has 0 aliphatic heterocycles. The van der Waals surface area contributed by atoms with Crippen molar-refractivity contribution in [2.75, 3.05) is 0 Å². The number of hydrogen-bond acceptors (Lipinski definition) is 4. The van der Waals surface area contributed by atoms with Crippen molar-refractivity contribution in [1.82, 2.24) is 9.99 Å². The second-order valence-electron chi connectivity index (χ2n) is 7.98. The zero-order valence-corrected chi connectivity index (χ0v) is 19.6. The molecule has 8 heteroatoms. The second-order valence-corrected chi connectivity index (χ2v) is 8.39. The number of carboxylic acid groups (broad SMARTS) is 1. The third-order valence-corrected chi connectivity index (χ3v) is 6.06. The van der Waals surface area contributed by atoms with Crippen LogP contribution in [0.5, 0.6) is 5.88 Å². The van der Waals surface area contributed by atoms with Crippen molar-refractivity contribution in [3.05, 3.63) is 94.3 Å². The lowest BCUT2D eigenvalue weighted by Crippen LogP contribution is -2.18. The second kappa shape index (κ2) is 9.07. The summed E-state index contributed by atoms with van der Waals surface area (Å²) in [5, 5.41) is 25.1. The van der Waals surface area contributed by atoms with Crippen LogP contribution in [-0.4, -0.2) is 31.4 Å². The molecular formula is C26H22FN3O3S. The van der Waals surface area contributed by atoms with Gasteiger partial charge in [-0.1, -0.05) is 30.4 Å². The Morgan fingerprint density at radius 1 is 1.00 bits per heavy atom. The molecule has 0 spiro atoms. The molecule has 0 fully saturated rings. The molecular weight excluding hydrogens is 453 g/mol. The molecule has 0 aliphatic carbocycles. The fraction of sp³-hybridized carbons (Fsp3) is 0.115. The zero-order valence-electron chi connectivity index (χ0n) is 18.8. The lowest BCUT2D eigenvalue weighted by molar-refractivity contribution is 0.0697. The van der Waals surface area contributed by atoms with Gasteiger partial charge in [-0.2, -0.15) is 5.10 Å². The summed E-state index contributed by atoms with van der Waals surface area (Å²) in [6, 6.07) is 16.2. The number of fused-ring (bicyclic) bond motifs is 1. The molecule has 172 valence electrons. The van der Waals surface area contributed by atoms with Gasteiger partial charge in [0.25, 0.3) is 0 Å².